The Hall–Kier alpha value is -1.07. The van der Waals surface area contributed by atoms with E-state index in [0.717, 1.165) is 0 Å². The number of aliphatic hydroxyl groups excluding tert-OH is 1. The minimum atomic E-state index is -1.18. The molecule has 0 aliphatic carbocycles. The van der Waals surface area contributed by atoms with Gasteiger partial charge in [0.05, 0.1) is 18.9 Å². The van der Waals surface area contributed by atoms with E-state index in [1.54, 1.807) is 14.0 Å². The fourth-order valence-electron chi connectivity index (χ4n) is 1.38. The molecular formula is C10H18N2O3. The number of aliphatic hydroxyl groups is 2. The van der Waals surface area contributed by atoms with Gasteiger partial charge in [0, 0.05) is 7.05 Å². The lowest BCUT2D eigenvalue weighted by atomic mass is 9.93. The van der Waals surface area contributed by atoms with Crippen molar-refractivity contribution in [2.24, 2.45) is 7.05 Å². The SMILES string of the molecule is CCC(C)(O)C(O)c1c(OC)cnn1C. The van der Waals surface area contributed by atoms with Gasteiger partial charge in [-0.15, -0.1) is 0 Å². The smallest absolute Gasteiger partial charge is 0.162 e. The molecule has 0 aromatic carbocycles. The average Bonchev–Trinajstić information content (AvgIpc) is 2.58. The van der Waals surface area contributed by atoms with E-state index >= 15 is 0 Å². The first kappa shape index (κ1) is 12.0. The third-order valence-corrected chi connectivity index (χ3v) is 2.73. The van der Waals surface area contributed by atoms with Gasteiger partial charge >= 0.3 is 0 Å². The van der Waals surface area contributed by atoms with Crippen LogP contribution >= 0.6 is 0 Å². The Kier molecular flexibility index (Phi) is 3.36. The molecule has 2 atom stereocenters. The first-order chi connectivity index (χ1) is 6.94. The van der Waals surface area contributed by atoms with Gasteiger partial charge in [-0.1, -0.05) is 6.92 Å². The molecule has 1 heterocycles. The zero-order valence-electron chi connectivity index (χ0n) is 9.56. The number of hydrogen-bond acceptors (Lipinski definition) is 4. The topological polar surface area (TPSA) is 67.5 Å². The van der Waals surface area contributed by atoms with Gasteiger partial charge in [0.1, 0.15) is 11.8 Å². The van der Waals surface area contributed by atoms with Gasteiger partial charge in [0.15, 0.2) is 5.75 Å². The Morgan fingerprint density at radius 2 is 2.27 bits per heavy atom. The zero-order valence-corrected chi connectivity index (χ0v) is 9.56. The van der Waals surface area contributed by atoms with Gasteiger partial charge in [-0.05, 0) is 13.3 Å². The van der Waals surface area contributed by atoms with Crippen molar-refractivity contribution in [3.05, 3.63) is 11.9 Å². The Bertz CT molecular complexity index is 333. The number of aromatic nitrogens is 2. The highest BCUT2D eigenvalue weighted by Gasteiger charge is 2.34. The van der Waals surface area contributed by atoms with Crippen LogP contribution in [0.4, 0.5) is 0 Å². The first-order valence-corrected chi connectivity index (χ1v) is 4.90. The van der Waals surface area contributed by atoms with Crippen molar-refractivity contribution in [3.8, 4) is 5.75 Å². The Balaban J connectivity index is 3.09. The summed E-state index contributed by atoms with van der Waals surface area (Å²) < 4.78 is 6.58. The fourth-order valence-corrected chi connectivity index (χ4v) is 1.38. The lowest BCUT2D eigenvalue weighted by molar-refractivity contribution is -0.0701. The summed E-state index contributed by atoms with van der Waals surface area (Å²) in [5.74, 6) is 0.485. The Morgan fingerprint density at radius 1 is 1.67 bits per heavy atom. The van der Waals surface area contributed by atoms with E-state index in [9.17, 15) is 10.2 Å². The molecule has 5 nitrogen and oxygen atoms in total. The van der Waals surface area contributed by atoms with Crippen LogP contribution in [0.2, 0.25) is 0 Å². The molecular weight excluding hydrogens is 196 g/mol. The van der Waals surface area contributed by atoms with Crippen LogP contribution in [0.25, 0.3) is 0 Å². The van der Waals surface area contributed by atoms with E-state index in [-0.39, 0.29) is 0 Å². The lowest BCUT2D eigenvalue weighted by Gasteiger charge is -2.28. The number of nitrogens with zero attached hydrogens (tertiary/aromatic N) is 2. The van der Waals surface area contributed by atoms with Crippen LogP contribution in [0.15, 0.2) is 6.20 Å². The number of aryl methyl sites for hydroxylation is 1. The minimum Gasteiger partial charge on any atom is -0.493 e. The molecule has 2 N–H and O–H groups in total. The van der Waals surface area contributed by atoms with E-state index in [1.807, 2.05) is 6.92 Å². The number of hydrogen-bond donors (Lipinski definition) is 2. The predicted octanol–water partition coefficient (Wildman–Crippen LogP) is 0.623. The average molecular weight is 214 g/mol. The second-order valence-corrected chi connectivity index (χ2v) is 3.84. The normalized spacial score (nSPS) is 17.2. The minimum absolute atomic E-state index is 0.447. The second-order valence-electron chi connectivity index (χ2n) is 3.84. The summed E-state index contributed by atoms with van der Waals surface area (Å²) in [6.45, 7) is 3.40. The molecule has 86 valence electrons. The van der Waals surface area contributed by atoms with Crippen LogP contribution in [0, 0.1) is 0 Å². The van der Waals surface area contributed by atoms with Crippen LogP contribution in [0.5, 0.6) is 5.75 Å². The predicted molar refractivity (Wildman–Crippen MR) is 55.6 cm³/mol. The highest BCUT2D eigenvalue weighted by atomic mass is 16.5. The molecule has 0 aliphatic heterocycles. The Morgan fingerprint density at radius 3 is 2.73 bits per heavy atom. The maximum Gasteiger partial charge on any atom is 0.162 e. The highest BCUT2D eigenvalue weighted by molar-refractivity contribution is 5.28. The quantitative estimate of drug-likeness (QED) is 0.771. The summed E-state index contributed by atoms with van der Waals surface area (Å²) in [5.41, 5.74) is -0.689. The van der Waals surface area contributed by atoms with Crippen molar-refractivity contribution < 1.29 is 14.9 Å². The summed E-state index contributed by atoms with van der Waals surface area (Å²) in [7, 11) is 3.21. The molecule has 0 radical (unpaired) electrons. The Labute approximate surface area is 89.3 Å². The van der Waals surface area contributed by atoms with Crippen molar-refractivity contribution in [1.82, 2.24) is 9.78 Å². The lowest BCUT2D eigenvalue weighted by Crippen LogP contribution is -2.33. The van der Waals surface area contributed by atoms with Crippen molar-refractivity contribution in [3.63, 3.8) is 0 Å². The van der Waals surface area contributed by atoms with Gasteiger partial charge in [0.2, 0.25) is 0 Å². The first-order valence-electron chi connectivity index (χ1n) is 4.90. The molecule has 0 amide bonds. The van der Waals surface area contributed by atoms with Crippen molar-refractivity contribution in [2.75, 3.05) is 7.11 Å². The molecule has 0 saturated heterocycles. The number of rotatable bonds is 4. The molecule has 0 aliphatic rings. The summed E-state index contributed by atoms with van der Waals surface area (Å²) in [6, 6.07) is 0. The third kappa shape index (κ3) is 2.13. The summed E-state index contributed by atoms with van der Waals surface area (Å²) in [4.78, 5) is 0. The largest absolute Gasteiger partial charge is 0.493 e. The molecule has 1 rings (SSSR count). The maximum absolute atomic E-state index is 10.0. The standard InChI is InChI=1S/C10H18N2O3/c1-5-10(2,14)9(13)8-7(15-4)6-11-12(8)3/h6,9,13-14H,5H2,1-4H3. The van der Waals surface area contributed by atoms with E-state index in [1.165, 1.54) is 18.0 Å². The number of ether oxygens (including phenoxy) is 1. The molecule has 1 aromatic rings. The van der Waals surface area contributed by atoms with Gasteiger partial charge in [-0.3, -0.25) is 4.68 Å². The van der Waals surface area contributed by atoms with Gasteiger partial charge in [-0.2, -0.15) is 5.10 Å². The van der Waals surface area contributed by atoms with E-state index < -0.39 is 11.7 Å². The van der Waals surface area contributed by atoms with Gasteiger partial charge in [0.25, 0.3) is 0 Å². The van der Waals surface area contributed by atoms with Crippen LogP contribution in [-0.4, -0.2) is 32.7 Å². The van der Waals surface area contributed by atoms with Crippen molar-refractivity contribution in [2.45, 2.75) is 32.0 Å². The van der Waals surface area contributed by atoms with Crippen LogP contribution in [-0.2, 0) is 7.05 Å². The molecule has 0 spiro atoms. The number of methoxy groups -OCH3 is 1. The summed E-state index contributed by atoms with van der Waals surface area (Å²) >= 11 is 0. The van der Waals surface area contributed by atoms with E-state index in [4.69, 9.17) is 4.74 Å². The highest BCUT2D eigenvalue weighted by Crippen LogP contribution is 2.33. The van der Waals surface area contributed by atoms with Crippen LogP contribution in [0.1, 0.15) is 32.1 Å². The molecule has 0 fully saturated rings. The molecule has 0 saturated carbocycles. The maximum atomic E-state index is 10.0. The van der Waals surface area contributed by atoms with Crippen molar-refractivity contribution in [1.29, 1.82) is 0 Å². The molecule has 2 unspecified atom stereocenters. The molecule has 0 bridgehead atoms. The molecule has 15 heavy (non-hydrogen) atoms. The van der Waals surface area contributed by atoms with Crippen molar-refractivity contribution >= 4 is 0 Å². The third-order valence-electron chi connectivity index (χ3n) is 2.73. The second kappa shape index (κ2) is 4.20. The molecule has 1 aromatic heterocycles. The van der Waals surface area contributed by atoms with Crippen LogP contribution in [0.3, 0.4) is 0 Å². The fraction of sp³-hybridized carbons (Fsp3) is 0.700. The van der Waals surface area contributed by atoms with E-state index in [0.29, 0.717) is 17.9 Å². The van der Waals surface area contributed by atoms with E-state index in [2.05, 4.69) is 5.10 Å². The van der Waals surface area contributed by atoms with Crippen LogP contribution < -0.4 is 4.74 Å². The van der Waals surface area contributed by atoms with Gasteiger partial charge in [-0.25, -0.2) is 0 Å². The monoisotopic (exact) mass is 214 g/mol. The zero-order chi connectivity index (χ0) is 11.6. The molecule has 5 heteroatoms. The summed E-state index contributed by atoms with van der Waals surface area (Å²) in [5, 5.41) is 24.0. The van der Waals surface area contributed by atoms with Gasteiger partial charge < -0.3 is 14.9 Å². The summed E-state index contributed by atoms with van der Waals surface area (Å²) in [6.07, 6.45) is 0.956.